The molecule has 0 aromatic heterocycles. The van der Waals surface area contributed by atoms with Crippen molar-refractivity contribution in [3.8, 4) is 5.75 Å². The summed E-state index contributed by atoms with van der Waals surface area (Å²) in [6.07, 6.45) is 0.988. The lowest BCUT2D eigenvalue weighted by atomic mass is 10.0. The summed E-state index contributed by atoms with van der Waals surface area (Å²) in [5.41, 5.74) is -1.38. The summed E-state index contributed by atoms with van der Waals surface area (Å²) in [4.78, 5) is 24.2. The Hall–Kier alpha value is -3.07. The number of carboxylic acids is 1. The Kier molecular flexibility index (Phi) is 6.06. The van der Waals surface area contributed by atoms with Crippen LogP contribution in [0.2, 0.25) is 0 Å². The molecule has 0 unspecified atom stereocenters. The molecule has 1 amide bonds. The molecule has 0 saturated heterocycles. The van der Waals surface area contributed by atoms with E-state index in [4.69, 9.17) is 4.74 Å². The molecular formula is C18H20N2O6S. The number of sulfonamides is 1. The molecule has 0 heterocycles. The van der Waals surface area contributed by atoms with Gasteiger partial charge >= 0.3 is 5.97 Å². The van der Waals surface area contributed by atoms with E-state index >= 15 is 0 Å². The molecule has 2 aromatic carbocycles. The van der Waals surface area contributed by atoms with Gasteiger partial charge in [-0.15, -0.1) is 0 Å². The Bertz CT molecular complexity index is 930. The summed E-state index contributed by atoms with van der Waals surface area (Å²) in [5, 5.41) is 12.0. The number of para-hydroxylation sites is 1. The van der Waals surface area contributed by atoms with Crippen LogP contribution in [0.25, 0.3) is 0 Å². The number of carbonyl (C=O) groups is 2. The molecule has 0 bridgehead atoms. The largest absolute Gasteiger partial charge is 0.491 e. The normalized spacial score (nSPS) is 13.3. The average Bonchev–Trinajstić information content (AvgIpc) is 2.59. The summed E-state index contributed by atoms with van der Waals surface area (Å²) in [6.45, 7) is 1.04. The maximum atomic E-state index is 12.5. The third kappa shape index (κ3) is 6.00. The molecule has 1 atom stereocenters. The van der Waals surface area contributed by atoms with Crippen LogP contribution < -0.4 is 14.8 Å². The van der Waals surface area contributed by atoms with Crippen LogP contribution in [0.3, 0.4) is 0 Å². The van der Waals surface area contributed by atoms with Gasteiger partial charge in [0.25, 0.3) is 5.91 Å². The van der Waals surface area contributed by atoms with E-state index in [2.05, 4.69) is 10.0 Å². The lowest BCUT2D eigenvalue weighted by Gasteiger charge is -2.26. The minimum Gasteiger partial charge on any atom is -0.491 e. The smallest absolute Gasteiger partial charge is 0.332 e. The predicted octanol–water partition coefficient (Wildman–Crippen LogP) is 1.71. The van der Waals surface area contributed by atoms with Crippen molar-refractivity contribution in [2.75, 3.05) is 17.6 Å². The third-order valence-corrected chi connectivity index (χ3v) is 4.17. The van der Waals surface area contributed by atoms with Gasteiger partial charge in [0.2, 0.25) is 10.0 Å². The zero-order valence-electron chi connectivity index (χ0n) is 14.8. The number of anilines is 1. The van der Waals surface area contributed by atoms with E-state index in [1.54, 1.807) is 30.3 Å². The first-order valence-electron chi connectivity index (χ1n) is 7.91. The minimum atomic E-state index is -3.50. The number of hydrogen-bond acceptors (Lipinski definition) is 5. The van der Waals surface area contributed by atoms with Crippen LogP contribution in [0, 0.1) is 0 Å². The van der Waals surface area contributed by atoms with Crippen molar-refractivity contribution in [3.05, 3.63) is 60.2 Å². The molecular weight excluding hydrogens is 372 g/mol. The van der Waals surface area contributed by atoms with E-state index in [0.717, 1.165) is 6.26 Å². The minimum absolute atomic E-state index is 0.107. The maximum Gasteiger partial charge on any atom is 0.332 e. The Morgan fingerprint density at radius 3 is 2.37 bits per heavy atom. The number of hydrogen-bond donors (Lipinski definition) is 3. The van der Waals surface area contributed by atoms with Crippen LogP contribution in [0.15, 0.2) is 54.6 Å². The molecule has 144 valence electrons. The van der Waals surface area contributed by atoms with Gasteiger partial charge in [0, 0.05) is 11.3 Å². The Morgan fingerprint density at radius 1 is 1.11 bits per heavy atom. The first-order valence-corrected chi connectivity index (χ1v) is 9.80. The van der Waals surface area contributed by atoms with Crippen molar-refractivity contribution in [1.82, 2.24) is 5.32 Å². The Morgan fingerprint density at radius 2 is 1.78 bits per heavy atom. The highest BCUT2D eigenvalue weighted by molar-refractivity contribution is 7.92. The number of aliphatic carboxylic acids is 1. The van der Waals surface area contributed by atoms with E-state index in [1.165, 1.54) is 31.2 Å². The van der Waals surface area contributed by atoms with E-state index < -0.39 is 27.4 Å². The fourth-order valence-corrected chi connectivity index (χ4v) is 2.71. The van der Waals surface area contributed by atoms with E-state index in [1.807, 2.05) is 0 Å². The van der Waals surface area contributed by atoms with E-state index in [-0.39, 0.29) is 17.9 Å². The SMILES string of the molecule is C[C@](COc1ccccc1)(NC(=O)c1cccc(NS(C)(=O)=O)c1)C(=O)O. The zero-order chi connectivity index (χ0) is 20.1. The van der Waals surface area contributed by atoms with Crippen LogP contribution in [0.1, 0.15) is 17.3 Å². The monoisotopic (exact) mass is 392 g/mol. The summed E-state index contributed by atoms with van der Waals surface area (Å²) in [5.74, 6) is -1.47. The fourth-order valence-electron chi connectivity index (χ4n) is 2.16. The van der Waals surface area contributed by atoms with Gasteiger partial charge in [-0.2, -0.15) is 0 Å². The van der Waals surface area contributed by atoms with Crippen molar-refractivity contribution in [1.29, 1.82) is 0 Å². The van der Waals surface area contributed by atoms with Gasteiger partial charge in [-0.1, -0.05) is 24.3 Å². The lowest BCUT2D eigenvalue weighted by Crippen LogP contribution is -2.56. The van der Waals surface area contributed by atoms with Crippen molar-refractivity contribution in [2.24, 2.45) is 0 Å². The zero-order valence-corrected chi connectivity index (χ0v) is 15.6. The molecule has 9 heteroatoms. The first kappa shape index (κ1) is 20.2. The van der Waals surface area contributed by atoms with Crippen LogP contribution in [0.4, 0.5) is 5.69 Å². The summed E-state index contributed by atoms with van der Waals surface area (Å²) in [7, 11) is -3.50. The highest BCUT2D eigenvalue weighted by atomic mass is 32.2. The topological polar surface area (TPSA) is 122 Å². The molecule has 0 spiro atoms. The molecule has 0 saturated carbocycles. The van der Waals surface area contributed by atoms with Crippen molar-refractivity contribution < 1.29 is 27.9 Å². The number of amides is 1. The van der Waals surface area contributed by atoms with Gasteiger partial charge in [-0.05, 0) is 37.3 Å². The predicted molar refractivity (Wildman–Crippen MR) is 100 cm³/mol. The highest BCUT2D eigenvalue weighted by Gasteiger charge is 2.36. The van der Waals surface area contributed by atoms with E-state index in [0.29, 0.717) is 5.75 Å². The molecule has 0 radical (unpaired) electrons. The first-order chi connectivity index (χ1) is 12.6. The van der Waals surface area contributed by atoms with Crippen LogP contribution in [-0.2, 0) is 14.8 Å². The molecule has 0 aliphatic heterocycles. The number of carboxylic acid groups (broad SMARTS) is 1. The Balaban J connectivity index is 2.14. The second kappa shape index (κ2) is 8.09. The number of benzene rings is 2. The molecule has 2 aromatic rings. The van der Waals surface area contributed by atoms with Gasteiger partial charge < -0.3 is 15.2 Å². The molecule has 0 aliphatic carbocycles. The molecule has 0 fully saturated rings. The highest BCUT2D eigenvalue weighted by Crippen LogP contribution is 2.16. The van der Waals surface area contributed by atoms with Gasteiger partial charge in [0.1, 0.15) is 12.4 Å². The fraction of sp³-hybridized carbons (Fsp3) is 0.222. The molecule has 0 aliphatic rings. The second-order valence-electron chi connectivity index (χ2n) is 6.15. The summed E-state index contributed by atoms with van der Waals surface area (Å²) >= 11 is 0. The molecule has 3 N–H and O–H groups in total. The number of ether oxygens (including phenoxy) is 1. The van der Waals surface area contributed by atoms with Gasteiger partial charge in [-0.3, -0.25) is 9.52 Å². The molecule has 8 nitrogen and oxygen atoms in total. The quantitative estimate of drug-likeness (QED) is 0.629. The average molecular weight is 392 g/mol. The number of carbonyl (C=O) groups excluding carboxylic acids is 1. The van der Waals surface area contributed by atoms with Crippen LogP contribution >= 0.6 is 0 Å². The van der Waals surface area contributed by atoms with Crippen LogP contribution in [0.5, 0.6) is 5.75 Å². The molecule has 2 rings (SSSR count). The number of rotatable bonds is 8. The summed E-state index contributed by atoms with van der Waals surface area (Å²) in [6, 6.07) is 14.4. The van der Waals surface area contributed by atoms with Gasteiger partial charge in [-0.25, -0.2) is 13.2 Å². The van der Waals surface area contributed by atoms with Gasteiger partial charge in [0.15, 0.2) is 5.54 Å². The lowest BCUT2D eigenvalue weighted by molar-refractivity contribution is -0.145. The number of nitrogens with one attached hydrogen (secondary N) is 2. The van der Waals surface area contributed by atoms with Crippen molar-refractivity contribution >= 4 is 27.6 Å². The summed E-state index contributed by atoms with van der Waals surface area (Å²) < 4.78 is 30.4. The van der Waals surface area contributed by atoms with Gasteiger partial charge in [0.05, 0.1) is 6.26 Å². The Labute approximate surface area is 157 Å². The second-order valence-corrected chi connectivity index (χ2v) is 7.90. The maximum absolute atomic E-state index is 12.5. The standard InChI is InChI=1S/C18H20N2O6S/c1-18(17(22)23,12-26-15-9-4-3-5-10-15)19-16(21)13-7-6-8-14(11-13)20-27(2,24)25/h3-11,20H,12H2,1-2H3,(H,19,21)(H,22,23)/t18-/m1/s1. The third-order valence-electron chi connectivity index (χ3n) is 3.56. The van der Waals surface area contributed by atoms with Crippen LogP contribution in [-0.4, -0.2) is 43.8 Å². The van der Waals surface area contributed by atoms with Crippen molar-refractivity contribution in [3.63, 3.8) is 0 Å². The van der Waals surface area contributed by atoms with E-state index in [9.17, 15) is 23.1 Å². The van der Waals surface area contributed by atoms with Crippen molar-refractivity contribution in [2.45, 2.75) is 12.5 Å². The molecule has 27 heavy (non-hydrogen) atoms.